The monoisotopic (exact) mass is 242 g/mol. The van der Waals surface area contributed by atoms with E-state index in [0.717, 1.165) is 30.6 Å². The summed E-state index contributed by atoms with van der Waals surface area (Å²) in [6, 6.07) is 3.11. The Kier molecular flexibility index (Phi) is 4.55. The maximum absolute atomic E-state index is 10.6. The average Bonchev–Trinajstić information content (AvgIpc) is 2.22. The van der Waals surface area contributed by atoms with Crippen molar-refractivity contribution in [2.75, 3.05) is 11.9 Å². The number of nitro groups is 1. The first-order valence-electron chi connectivity index (χ1n) is 5.24. The van der Waals surface area contributed by atoms with E-state index in [1.165, 1.54) is 6.07 Å². The van der Waals surface area contributed by atoms with E-state index in [0.29, 0.717) is 0 Å². The number of nitrogens with one attached hydrogen (secondary N) is 1. The predicted octanol–water partition coefficient (Wildman–Crippen LogP) is 3.77. The molecule has 0 aromatic heterocycles. The van der Waals surface area contributed by atoms with Gasteiger partial charge in [-0.1, -0.05) is 24.9 Å². The molecule has 4 nitrogen and oxygen atoms in total. The van der Waals surface area contributed by atoms with Crippen LogP contribution < -0.4 is 5.32 Å². The molecule has 0 aliphatic heterocycles. The Morgan fingerprint density at radius 1 is 1.50 bits per heavy atom. The highest BCUT2D eigenvalue weighted by molar-refractivity contribution is 6.33. The van der Waals surface area contributed by atoms with Crippen LogP contribution in [0.2, 0.25) is 5.02 Å². The molecule has 0 spiro atoms. The van der Waals surface area contributed by atoms with Gasteiger partial charge >= 0.3 is 0 Å². The van der Waals surface area contributed by atoms with Crippen LogP contribution in [0.5, 0.6) is 0 Å². The Hall–Kier alpha value is -1.29. The van der Waals surface area contributed by atoms with E-state index in [9.17, 15) is 10.1 Å². The minimum absolute atomic E-state index is 0.0415. The van der Waals surface area contributed by atoms with Crippen molar-refractivity contribution in [2.24, 2.45) is 0 Å². The van der Waals surface area contributed by atoms with Crippen LogP contribution in [0.4, 0.5) is 11.4 Å². The maximum Gasteiger partial charge on any atom is 0.288 e. The van der Waals surface area contributed by atoms with Crippen molar-refractivity contribution in [1.82, 2.24) is 0 Å². The minimum atomic E-state index is -0.467. The zero-order chi connectivity index (χ0) is 12.1. The first-order chi connectivity index (χ1) is 7.56. The number of benzene rings is 1. The highest BCUT2D eigenvalue weighted by atomic mass is 35.5. The Morgan fingerprint density at radius 3 is 2.75 bits per heavy atom. The fourth-order valence-corrected chi connectivity index (χ4v) is 1.63. The maximum atomic E-state index is 10.6. The van der Waals surface area contributed by atoms with Crippen LogP contribution in [0.3, 0.4) is 0 Å². The lowest BCUT2D eigenvalue weighted by Crippen LogP contribution is -2.03. The van der Waals surface area contributed by atoms with Crippen LogP contribution in [0.1, 0.15) is 25.3 Å². The number of rotatable bonds is 5. The zero-order valence-corrected chi connectivity index (χ0v) is 10.2. The van der Waals surface area contributed by atoms with Gasteiger partial charge < -0.3 is 5.32 Å². The third kappa shape index (κ3) is 3.10. The fraction of sp³-hybridized carbons (Fsp3) is 0.455. The van der Waals surface area contributed by atoms with Gasteiger partial charge in [0.15, 0.2) is 0 Å². The van der Waals surface area contributed by atoms with Crippen LogP contribution in [0.25, 0.3) is 0 Å². The summed E-state index contributed by atoms with van der Waals surface area (Å²) in [4.78, 5) is 10.2. The van der Waals surface area contributed by atoms with Gasteiger partial charge in [-0.05, 0) is 25.0 Å². The highest BCUT2D eigenvalue weighted by Gasteiger charge is 2.14. The summed E-state index contributed by atoms with van der Waals surface area (Å²) in [6.45, 7) is 4.79. The first-order valence-corrected chi connectivity index (χ1v) is 5.62. The van der Waals surface area contributed by atoms with E-state index in [1.54, 1.807) is 6.07 Å². The normalized spacial score (nSPS) is 10.2. The molecular formula is C11H15ClN2O2. The zero-order valence-electron chi connectivity index (χ0n) is 9.42. The van der Waals surface area contributed by atoms with Gasteiger partial charge in [-0.15, -0.1) is 0 Å². The summed E-state index contributed by atoms with van der Waals surface area (Å²) in [7, 11) is 0. The summed E-state index contributed by atoms with van der Waals surface area (Å²) in [5.41, 5.74) is 1.66. The van der Waals surface area contributed by atoms with E-state index in [1.807, 2.05) is 6.92 Å². The summed E-state index contributed by atoms with van der Waals surface area (Å²) in [5, 5.41) is 14.0. The lowest BCUT2D eigenvalue weighted by molar-refractivity contribution is -0.384. The van der Waals surface area contributed by atoms with Crippen LogP contribution in [0.15, 0.2) is 12.1 Å². The van der Waals surface area contributed by atoms with Gasteiger partial charge in [0.25, 0.3) is 5.69 Å². The second-order valence-electron chi connectivity index (χ2n) is 3.66. The molecule has 0 radical (unpaired) electrons. The van der Waals surface area contributed by atoms with Gasteiger partial charge in [-0.25, -0.2) is 0 Å². The molecule has 0 saturated heterocycles. The van der Waals surface area contributed by atoms with E-state index in [4.69, 9.17) is 11.6 Å². The molecule has 0 saturated carbocycles. The lowest BCUT2D eigenvalue weighted by Gasteiger charge is -2.09. The molecular weight excluding hydrogens is 228 g/mol. The third-order valence-corrected chi connectivity index (χ3v) is 2.64. The molecule has 0 heterocycles. The molecule has 0 fully saturated rings. The molecule has 1 aromatic rings. The molecule has 0 unspecified atom stereocenters. The fourth-order valence-electron chi connectivity index (χ4n) is 1.40. The number of hydrogen-bond donors (Lipinski definition) is 1. The Labute approximate surface area is 99.8 Å². The first kappa shape index (κ1) is 12.8. The molecule has 0 aliphatic carbocycles. The van der Waals surface area contributed by atoms with Crippen molar-refractivity contribution in [3.05, 3.63) is 32.8 Å². The van der Waals surface area contributed by atoms with Crippen LogP contribution in [-0.4, -0.2) is 11.5 Å². The summed E-state index contributed by atoms with van der Waals surface area (Å²) in [6.07, 6.45) is 2.17. The van der Waals surface area contributed by atoms with Crippen LogP contribution >= 0.6 is 11.6 Å². The largest absolute Gasteiger partial charge is 0.385 e. The van der Waals surface area contributed by atoms with Gasteiger partial charge in [0.05, 0.1) is 4.92 Å². The minimum Gasteiger partial charge on any atom is -0.385 e. The number of nitrogens with zero attached hydrogens (tertiary/aromatic N) is 1. The standard InChI is InChI=1S/C11H15ClN2O2/c1-3-4-5-13-10-7-9(12)11(14(15)16)6-8(10)2/h6-7,13H,3-5H2,1-2H3. The number of halogens is 1. The van der Waals surface area contributed by atoms with Crippen LogP contribution in [-0.2, 0) is 0 Å². The van der Waals surface area contributed by atoms with Crippen molar-refractivity contribution >= 4 is 23.0 Å². The Balaban J connectivity index is 2.88. The number of nitro benzene ring substituents is 1. The highest BCUT2D eigenvalue weighted by Crippen LogP contribution is 2.30. The van der Waals surface area contributed by atoms with Gasteiger partial charge in [-0.3, -0.25) is 10.1 Å². The number of hydrogen-bond acceptors (Lipinski definition) is 3. The predicted molar refractivity (Wildman–Crippen MR) is 66.2 cm³/mol. The smallest absolute Gasteiger partial charge is 0.288 e. The molecule has 5 heteroatoms. The van der Waals surface area contributed by atoms with Gasteiger partial charge in [0, 0.05) is 18.3 Å². The molecule has 0 atom stereocenters. The second-order valence-corrected chi connectivity index (χ2v) is 4.06. The second kappa shape index (κ2) is 5.70. The number of aryl methyl sites for hydroxylation is 1. The molecule has 1 aromatic carbocycles. The van der Waals surface area contributed by atoms with E-state index in [2.05, 4.69) is 12.2 Å². The van der Waals surface area contributed by atoms with Crippen molar-refractivity contribution in [3.63, 3.8) is 0 Å². The number of unbranched alkanes of at least 4 members (excludes halogenated alkanes) is 1. The third-order valence-electron chi connectivity index (χ3n) is 2.34. The SMILES string of the molecule is CCCCNc1cc(Cl)c([N+](=O)[O-])cc1C. The van der Waals surface area contributed by atoms with E-state index < -0.39 is 4.92 Å². The summed E-state index contributed by atoms with van der Waals surface area (Å²) in [5.74, 6) is 0. The number of anilines is 1. The van der Waals surface area contributed by atoms with Crippen LogP contribution in [0, 0.1) is 17.0 Å². The molecule has 0 bridgehead atoms. The summed E-state index contributed by atoms with van der Waals surface area (Å²) < 4.78 is 0. The molecule has 0 aliphatic rings. The summed E-state index contributed by atoms with van der Waals surface area (Å²) >= 11 is 5.83. The van der Waals surface area contributed by atoms with Crippen molar-refractivity contribution in [1.29, 1.82) is 0 Å². The Bertz CT molecular complexity index is 394. The van der Waals surface area contributed by atoms with Crippen molar-refractivity contribution in [3.8, 4) is 0 Å². The van der Waals surface area contributed by atoms with E-state index >= 15 is 0 Å². The van der Waals surface area contributed by atoms with E-state index in [-0.39, 0.29) is 10.7 Å². The van der Waals surface area contributed by atoms with Crippen molar-refractivity contribution < 1.29 is 4.92 Å². The average molecular weight is 243 g/mol. The lowest BCUT2D eigenvalue weighted by atomic mass is 10.1. The molecule has 1 N–H and O–H groups in total. The molecule has 1 rings (SSSR count). The topological polar surface area (TPSA) is 55.2 Å². The molecule has 16 heavy (non-hydrogen) atoms. The Morgan fingerprint density at radius 2 is 2.19 bits per heavy atom. The van der Waals surface area contributed by atoms with Gasteiger partial charge in [-0.2, -0.15) is 0 Å². The molecule has 88 valence electrons. The van der Waals surface area contributed by atoms with Gasteiger partial charge in [0.1, 0.15) is 5.02 Å². The van der Waals surface area contributed by atoms with Gasteiger partial charge in [0.2, 0.25) is 0 Å². The van der Waals surface area contributed by atoms with Crippen molar-refractivity contribution in [2.45, 2.75) is 26.7 Å². The quantitative estimate of drug-likeness (QED) is 0.486. The molecule has 0 amide bonds.